The molecule has 0 bridgehead atoms. The van der Waals surface area contributed by atoms with E-state index in [4.69, 9.17) is 0 Å². The van der Waals surface area contributed by atoms with Gasteiger partial charge in [-0.15, -0.1) is 0 Å². The number of nitrogens with zero attached hydrogens (tertiary/aromatic N) is 4. The third kappa shape index (κ3) is 3.31. The summed E-state index contributed by atoms with van der Waals surface area (Å²) < 4.78 is 53.4. The van der Waals surface area contributed by atoms with Gasteiger partial charge in [-0.05, 0) is 24.3 Å². The molecule has 2 aromatic heterocycles. The summed E-state index contributed by atoms with van der Waals surface area (Å²) in [7, 11) is -1.93. The molecule has 1 aromatic carbocycles. The van der Waals surface area contributed by atoms with Crippen molar-refractivity contribution in [1.82, 2.24) is 14.6 Å². The van der Waals surface area contributed by atoms with Crippen LogP contribution in [0.4, 0.5) is 13.2 Å². The Hall–Kier alpha value is -3.14. The number of carbonyl (C=O) groups is 1. The molecule has 2 heterocycles. The summed E-state index contributed by atoms with van der Waals surface area (Å²) in [5, 5.41) is 2.79. The van der Waals surface area contributed by atoms with E-state index in [1.807, 2.05) is 0 Å². The van der Waals surface area contributed by atoms with E-state index in [1.165, 1.54) is 6.20 Å². The molecule has 3 aromatic rings. The molecule has 0 spiro atoms. The molecule has 0 N–H and O–H groups in total. The molecular weight excluding hydrogens is 381 g/mol. The van der Waals surface area contributed by atoms with Crippen LogP contribution in [0.2, 0.25) is 0 Å². The third-order valence-electron chi connectivity index (χ3n) is 3.60. The molecule has 3 rings (SSSR count). The van der Waals surface area contributed by atoms with E-state index in [0.29, 0.717) is 0 Å². The Balaban J connectivity index is 2.39. The molecule has 27 heavy (non-hydrogen) atoms. The minimum Gasteiger partial charge on any atom is -0.275 e. The van der Waals surface area contributed by atoms with Gasteiger partial charge < -0.3 is 0 Å². The zero-order valence-electron chi connectivity index (χ0n) is 13.8. The number of hydrogen-bond donors (Lipinski definition) is 0. The van der Waals surface area contributed by atoms with Crippen molar-refractivity contribution in [3.05, 3.63) is 59.8 Å². The van der Waals surface area contributed by atoms with E-state index in [-0.39, 0.29) is 28.5 Å². The predicted molar refractivity (Wildman–Crippen MR) is 94.1 cm³/mol. The van der Waals surface area contributed by atoms with Gasteiger partial charge in [0.15, 0.2) is 17.5 Å². The highest BCUT2D eigenvalue weighted by molar-refractivity contribution is 8.00. The Labute approximate surface area is 153 Å². The van der Waals surface area contributed by atoms with Gasteiger partial charge in [0.1, 0.15) is 11.4 Å². The summed E-state index contributed by atoms with van der Waals surface area (Å²) >= 11 is 0. The summed E-state index contributed by atoms with van der Waals surface area (Å²) in [6, 6.07) is 6.29. The van der Waals surface area contributed by atoms with Crippen LogP contribution < -0.4 is 0 Å². The van der Waals surface area contributed by atoms with Gasteiger partial charge in [0.25, 0.3) is 5.12 Å². The zero-order chi connectivity index (χ0) is 19.7. The van der Waals surface area contributed by atoms with Crippen LogP contribution in [-0.4, -0.2) is 36.9 Å². The number of halogens is 3. The van der Waals surface area contributed by atoms with Crippen LogP contribution in [-0.2, 0) is 10.8 Å². The standard InChI is InChI=1S/C17H11F3N4O2S/c1-21-24-15(9-7-10(18)13(20)11(19)8-9)14(12-5-3-4-6-22-12)23-16(24)17(25)27(2)26/h3-8H,1H2,2H3. The van der Waals surface area contributed by atoms with Crippen LogP contribution in [0.25, 0.3) is 22.6 Å². The molecule has 0 saturated heterocycles. The summed E-state index contributed by atoms with van der Waals surface area (Å²) in [6.07, 6.45) is 2.60. The molecule has 0 radical (unpaired) electrons. The highest BCUT2D eigenvalue weighted by Gasteiger charge is 2.27. The van der Waals surface area contributed by atoms with Crippen molar-refractivity contribution in [2.24, 2.45) is 5.10 Å². The first-order valence-electron chi connectivity index (χ1n) is 7.39. The van der Waals surface area contributed by atoms with Crippen LogP contribution in [0.5, 0.6) is 0 Å². The maximum absolute atomic E-state index is 13.8. The van der Waals surface area contributed by atoms with E-state index in [1.54, 1.807) is 18.2 Å². The average Bonchev–Trinajstić information content (AvgIpc) is 3.05. The number of aromatic nitrogens is 3. The lowest BCUT2D eigenvalue weighted by Crippen LogP contribution is -2.12. The number of benzene rings is 1. The topological polar surface area (TPSA) is 77.2 Å². The summed E-state index contributed by atoms with van der Waals surface area (Å²) in [6.45, 7) is 3.33. The normalized spacial score (nSPS) is 12.0. The molecular formula is C17H11F3N4O2S. The van der Waals surface area contributed by atoms with E-state index in [9.17, 15) is 22.2 Å². The first-order chi connectivity index (χ1) is 12.8. The Kier molecular flexibility index (Phi) is 5.00. The molecule has 0 aliphatic heterocycles. The van der Waals surface area contributed by atoms with E-state index in [2.05, 4.69) is 21.8 Å². The first-order valence-corrected chi connectivity index (χ1v) is 8.94. The fourth-order valence-electron chi connectivity index (χ4n) is 2.44. The minimum atomic E-state index is -1.93. The van der Waals surface area contributed by atoms with Crippen molar-refractivity contribution in [2.75, 3.05) is 6.26 Å². The Morgan fingerprint density at radius 2 is 1.89 bits per heavy atom. The lowest BCUT2D eigenvalue weighted by molar-refractivity contribution is 0.107. The van der Waals surface area contributed by atoms with Crippen LogP contribution in [0, 0.1) is 17.5 Å². The monoisotopic (exact) mass is 392 g/mol. The fourth-order valence-corrected chi connectivity index (χ4v) is 2.83. The van der Waals surface area contributed by atoms with Gasteiger partial charge >= 0.3 is 0 Å². The number of hydrogen-bond acceptors (Lipinski definition) is 5. The average molecular weight is 392 g/mol. The maximum atomic E-state index is 13.8. The molecule has 1 atom stereocenters. The lowest BCUT2D eigenvalue weighted by Gasteiger charge is -2.08. The van der Waals surface area contributed by atoms with Gasteiger partial charge in [0.2, 0.25) is 5.82 Å². The van der Waals surface area contributed by atoms with Crippen LogP contribution in [0.1, 0.15) is 10.6 Å². The van der Waals surface area contributed by atoms with Gasteiger partial charge in [-0.3, -0.25) is 14.0 Å². The highest BCUT2D eigenvalue weighted by atomic mass is 32.2. The summed E-state index contributed by atoms with van der Waals surface area (Å²) in [5.41, 5.74) is 0.112. The fraction of sp³-hybridized carbons (Fsp3) is 0.0588. The van der Waals surface area contributed by atoms with Gasteiger partial charge in [0.05, 0.1) is 16.5 Å². The first kappa shape index (κ1) is 18.6. The molecule has 6 nitrogen and oxygen atoms in total. The van der Waals surface area contributed by atoms with Gasteiger partial charge in [0, 0.05) is 24.7 Å². The number of imidazole rings is 1. The predicted octanol–water partition coefficient (Wildman–Crippen LogP) is 3.01. The van der Waals surface area contributed by atoms with Crippen molar-refractivity contribution in [3.63, 3.8) is 0 Å². The van der Waals surface area contributed by atoms with Crippen molar-refractivity contribution in [3.8, 4) is 22.6 Å². The van der Waals surface area contributed by atoms with Gasteiger partial charge in [-0.25, -0.2) is 22.8 Å². The molecule has 1 unspecified atom stereocenters. The zero-order valence-corrected chi connectivity index (χ0v) is 14.6. The molecule has 138 valence electrons. The Morgan fingerprint density at radius 1 is 1.22 bits per heavy atom. The van der Waals surface area contributed by atoms with Crippen molar-refractivity contribution in [2.45, 2.75) is 0 Å². The molecule has 10 heteroatoms. The van der Waals surface area contributed by atoms with Crippen LogP contribution in [0.3, 0.4) is 0 Å². The molecule has 0 aliphatic rings. The number of rotatable bonds is 4. The van der Waals surface area contributed by atoms with Gasteiger partial charge in [-0.1, -0.05) is 6.07 Å². The molecule has 0 saturated carbocycles. The van der Waals surface area contributed by atoms with Gasteiger partial charge in [-0.2, -0.15) is 5.10 Å². The van der Waals surface area contributed by atoms with E-state index >= 15 is 0 Å². The highest BCUT2D eigenvalue weighted by Crippen LogP contribution is 2.33. The second-order valence-electron chi connectivity index (χ2n) is 5.30. The SMILES string of the molecule is C=Nn1c(C(=O)S(C)=O)nc(-c2ccccn2)c1-c1cc(F)c(F)c(F)c1. The third-order valence-corrected chi connectivity index (χ3v) is 4.31. The van der Waals surface area contributed by atoms with Crippen molar-refractivity contribution in [1.29, 1.82) is 0 Å². The quantitative estimate of drug-likeness (QED) is 0.505. The Bertz CT molecular complexity index is 1060. The van der Waals surface area contributed by atoms with Crippen LogP contribution >= 0.6 is 0 Å². The molecule has 0 aliphatic carbocycles. The van der Waals surface area contributed by atoms with E-state index < -0.39 is 33.4 Å². The van der Waals surface area contributed by atoms with Crippen LogP contribution in [0.15, 0.2) is 41.6 Å². The van der Waals surface area contributed by atoms with Crippen molar-refractivity contribution < 1.29 is 22.2 Å². The summed E-state index contributed by atoms with van der Waals surface area (Å²) in [5.74, 6) is -4.85. The van der Waals surface area contributed by atoms with Crippen molar-refractivity contribution >= 4 is 22.6 Å². The smallest absolute Gasteiger partial charge is 0.275 e. The Morgan fingerprint density at radius 3 is 2.41 bits per heavy atom. The van der Waals surface area contributed by atoms with E-state index in [0.717, 1.165) is 23.1 Å². The lowest BCUT2D eigenvalue weighted by atomic mass is 10.1. The second-order valence-corrected chi connectivity index (χ2v) is 6.58. The summed E-state index contributed by atoms with van der Waals surface area (Å²) in [4.78, 5) is 20.5. The largest absolute Gasteiger partial charge is 0.286 e. The minimum absolute atomic E-state index is 0.0437. The second kappa shape index (κ2) is 7.23. The molecule has 0 amide bonds. The molecule has 0 fully saturated rings. The maximum Gasteiger partial charge on any atom is 0.286 e. The number of pyridine rings is 1. The number of carbonyl (C=O) groups excluding carboxylic acids is 1.